The van der Waals surface area contributed by atoms with E-state index in [1.165, 1.54) is 35.1 Å². The Labute approximate surface area is 336 Å². The molecular weight excluding hydrogens is 707 g/mol. The first-order valence-corrected chi connectivity index (χ1v) is 21.5. The van der Waals surface area contributed by atoms with E-state index in [0.717, 1.165) is 101 Å². The molecule has 5 aliphatic heterocycles. The molecule has 5 heterocycles. The van der Waals surface area contributed by atoms with Crippen LogP contribution < -0.4 is 24.3 Å². The molecular formula is C46H71N3O7. The average Bonchev–Trinajstić information content (AvgIpc) is 3.21. The van der Waals surface area contributed by atoms with Gasteiger partial charge in [-0.15, -0.1) is 0 Å². The van der Waals surface area contributed by atoms with Crippen molar-refractivity contribution in [2.75, 3.05) is 80.9 Å². The monoisotopic (exact) mass is 778 g/mol. The van der Waals surface area contributed by atoms with Crippen LogP contribution in [-0.4, -0.2) is 102 Å². The lowest BCUT2D eigenvalue weighted by molar-refractivity contribution is -0.152. The summed E-state index contributed by atoms with van der Waals surface area (Å²) in [5.41, 5.74) is 5.44. The van der Waals surface area contributed by atoms with E-state index in [1.807, 2.05) is 0 Å². The second-order valence-electron chi connectivity index (χ2n) is 17.9. The fraction of sp³-hybridized carbons (Fsp3) is 0.717. The Morgan fingerprint density at radius 1 is 0.696 bits per heavy atom. The second kappa shape index (κ2) is 19.6. The number of carbonyl (C=O) groups is 1. The van der Waals surface area contributed by atoms with Gasteiger partial charge in [0.25, 0.3) is 0 Å². The number of benzene rings is 2. The van der Waals surface area contributed by atoms with E-state index < -0.39 is 0 Å². The lowest BCUT2D eigenvalue weighted by Crippen LogP contribution is -2.47. The molecule has 5 aliphatic rings. The molecule has 7 rings (SSSR count). The van der Waals surface area contributed by atoms with Gasteiger partial charge in [-0.05, 0) is 146 Å². The summed E-state index contributed by atoms with van der Waals surface area (Å²) in [6.07, 6.45) is 8.33. The minimum absolute atomic E-state index is 0.00711. The van der Waals surface area contributed by atoms with Crippen molar-refractivity contribution in [3.8, 4) is 23.0 Å². The van der Waals surface area contributed by atoms with Crippen LogP contribution in [0.4, 0.5) is 0 Å². The zero-order valence-electron chi connectivity index (χ0n) is 35.6. The van der Waals surface area contributed by atoms with Crippen molar-refractivity contribution in [3.05, 3.63) is 46.5 Å². The van der Waals surface area contributed by atoms with Crippen molar-refractivity contribution in [2.45, 2.75) is 91.1 Å². The number of aliphatic hydroxyl groups is 1. The smallest absolute Gasteiger partial charge is 0.309 e. The summed E-state index contributed by atoms with van der Waals surface area (Å²) in [7, 11) is 6.79. The number of nitrogens with zero attached hydrogens (tertiary/aromatic N) is 2. The highest BCUT2D eigenvalue weighted by Gasteiger charge is 2.41. The molecule has 2 aromatic rings. The van der Waals surface area contributed by atoms with Crippen LogP contribution in [0.25, 0.3) is 0 Å². The summed E-state index contributed by atoms with van der Waals surface area (Å²) in [5, 5.41) is 13.3. The number of rotatable bonds is 12. The van der Waals surface area contributed by atoms with E-state index >= 15 is 0 Å². The Morgan fingerprint density at radius 2 is 1.14 bits per heavy atom. The van der Waals surface area contributed by atoms with Gasteiger partial charge in [-0.2, -0.15) is 0 Å². The van der Waals surface area contributed by atoms with E-state index in [0.29, 0.717) is 60.8 Å². The van der Waals surface area contributed by atoms with Crippen molar-refractivity contribution in [2.24, 2.45) is 41.4 Å². The third-order valence-corrected chi connectivity index (χ3v) is 13.4. The first-order valence-electron chi connectivity index (χ1n) is 21.5. The molecule has 10 heteroatoms. The van der Waals surface area contributed by atoms with Gasteiger partial charge in [0.2, 0.25) is 0 Å². The largest absolute Gasteiger partial charge is 0.493 e. The van der Waals surface area contributed by atoms with Crippen LogP contribution in [0.3, 0.4) is 0 Å². The summed E-state index contributed by atoms with van der Waals surface area (Å²) in [4.78, 5) is 18.0. The maximum absolute atomic E-state index is 12.7. The number of aliphatic hydroxyl groups excluding tert-OH is 1. The van der Waals surface area contributed by atoms with Crippen LogP contribution in [0.5, 0.6) is 23.0 Å². The molecule has 0 saturated carbocycles. The molecule has 0 amide bonds. The maximum atomic E-state index is 12.7. The fourth-order valence-corrected chi connectivity index (χ4v) is 10.5. The first kappa shape index (κ1) is 42.6. The quantitative estimate of drug-likeness (QED) is 0.217. The van der Waals surface area contributed by atoms with Crippen molar-refractivity contribution in [1.29, 1.82) is 0 Å². The number of piperidine rings is 3. The number of ether oxygens (including phenoxy) is 5. The van der Waals surface area contributed by atoms with Crippen LogP contribution in [-0.2, 0) is 22.4 Å². The summed E-state index contributed by atoms with van der Waals surface area (Å²) in [6, 6.07) is 9.37. The molecule has 3 fully saturated rings. The summed E-state index contributed by atoms with van der Waals surface area (Å²) < 4.78 is 28.1. The van der Waals surface area contributed by atoms with Crippen LogP contribution in [0.2, 0.25) is 0 Å². The van der Waals surface area contributed by atoms with Crippen molar-refractivity contribution < 1.29 is 33.6 Å². The van der Waals surface area contributed by atoms with E-state index in [4.69, 9.17) is 23.7 Å². The van der Waals surface area contributed by atoms with Gasteiger partial charge in [-0.1, -0.05) is 27.7 Å². The first-order chi connectivity index (χ1) is 27.1. The minimum atomic E-state index is 0.00711. The van der Waals surface area contributed by atoms with Crippen LogP contribution >= 0.6 is 0 Å². The molecule has 0 aliphatic carbocycles. The zero-order chi connectivity index (χ0) is 39.9. The highest BCUT2D eigenvalue weighted by atomic mass is 16.5. The topological polar surface area (TPSA) is 102 Å². The predicted molar refractivity (Wildman–Crippen MR) is 221 cm³/mol. The van der Waals surface area contributed by atoms with Crippen molar-refractivity contribution >= 4 is 5.97 Å². The second-order valence-corrected chi connectivity index (χ2v) is 17.9. The van der Waals surface area contributed by atoms with Gasteiger partial charge >= 0.3 is 5.97 Å². The molecule has 10 nitrogen and oxygen atoms in total. The molecule has 312 valence electrons. The highest BCUT2D eigenvalue weighted by Crippen LogP contribution is 2.47. The van der Waals surface area contributed by atoms with Gasteiger partial charge in [0, 0.05) is 44.9 Å². The molecule has 3 saturated heterocycles. The average molecular weight is 778 g/mol. The minimum Gasteiger partial charge on any atom is -0.493 e. The molecule has 0 unspecified atom stereocenters. The molecule has 0 aromatic heterocycles. The normalized spacial score (nSPS) is 26.6. The Morgan fingerprint density at radius 3 is 1.59 bits per heavy atom. The fourth-order valence-electron chi connectivity index (χ4n) is 10.5. The SMILES string of the molecule is COc1cc2c(cc1OC)[C@H]1C[C@@H](CO)[C@H](CC(C)C)CN1CC2.COc1cc2c(cc1OC)[C@H]1C[C@@H](COC(=O)C3CCNCC3)[C@H](CC(C)C)CN1CC2. The van der Waals surface area contributed by atoms with Crippen LogP contribution in [0.15, 0.2) is 24.3 Å². The molecule has 2 N–H and O–H groups in total. The van der Waals surface area contributed by atoms with Gasteiger partial charge in [0.05, 0.1) is 41.0 Å². The number of nitrogens with one attached hydrogen (secondary N) is 1. The van der Waals surface area contributed by atoms with Crippen LogP contribution in [0, 0.1) is 41.4 Å². The van der Waals surface area contributed by atoms with Gasteiger partial charge in [0.1, 0.15) is 0 Å². The number of carbonyl (C=O) groups excluding carboxylic acids is 1. The van der Waals surface area contributed by atoms with Crippen molar-refractivity contribution in [3.63, 3.8) is 0 Å². The zero-order valence-corrected chi connectivity index (χ0v) is 35.6. The van der Waals surface area contributed by atoms with E-state index in [-0.39, 0.29) is 11.9 Å². The highest BCUT2D eigenvalue weighted by molar-refractivity contribution is 5.72. The molecule has 0 radical (unpaired) electrons. The summed E-state index contributed by atoms with van der Waals surface area (Å²) in [6.45, 7) is 16.2. The third kappa shape index (κ3) is 9.79. The lowest BCUT2D eigenvalue weighted by atomic mass is 9.74. The Kier molecular flexibility index (Phi) is 14.9. The Balaban J connectivity index is 0.000000198. The molecule has 0 bridgehead atoms. The van der Waals surface area contributed by atoms with E-state index in [9.17, 15) is 9.90 Å². The summed E-state index contributed by atoms with van der Waals surface area (Å²) >= 11 is 0. The number of fused-ring (bicyclic) bond motifs is 6. The Bertz CT molecular complexity index is 1590. The molecule has 6 atom stereocenters. The van der Waals surface area contributed by atoms with Gasteiger partial charge in [-0.25, -0.2) is 0 Å². The summed E-state index contributed by atoms with van der Waals surface area (Å²) in [5.74, 6) is 6.58. The predicted octanol–water partition coefficient (Wildman–Crippen LogP) is 7.11. The standard InChI is InChI=1S/C26H40N2O4.C20H31NO3/c1-17(2)11-20-15-28-10-7-19-13-24(30-3)25(31-4)14-22(19)23(28)12-21(20)16-32-26(29)18-5-8-27-9-6-18;1-13(2)7-15-11-21-6-5-14-9-19(23-3)20(24-4)10-17(14)18(21)8-16(15)12-22/h13-14,17-18,20-21,23,27H,5-12,15-16H2,1-4H3;9-10,13,15-16,18,22H,5-8,11-12H2,1-4H3/t20-,21+,23-;15-,16+,18-/m11/s1. The number of esters is 1. The lowest BCUT2D eigenvalue weighted by Gasteiger charge is -2.47. The molecule has 56 heavy (non-hydrogen) atoms. The number of methoxy groups -OCH3 is 4. The Hall–Kier alpha value is -3.05. The van der Waals surface area contributed by atoms with Crippen molar-refractivity contribution in [1.82, 2.24) is 15.1 Å². The van der Waals surface area contributed by atoms with Crippen LogP contribution in [0.1, 0.15) is 101 Å². The van der Waals surface area contributed by atoms with Gasteiger partial charge < -0.3 is 34.1 Å². The number of hydrogen-bond donors (Lipinski definition) is 2. The number of hydrogen-bond acceptors (Lipinski definition) is 10. The molecule has 2 aromatic carbocycles. The van der Waals surface area contributed by atoms with E-state index in [1.54, 1.807) is 28.4 Å². The van der Waals surface area contributed by atoms with E-state index in [2.05, 4.69) is 67.1 Å². The third-order valence-electron chi connectivity index (χ3n) is 13.4. The maximum Gasteiger partial charge on any atom is 0.309 e. The van der Waals surface area contributed by atoms with Gasteiger partial charge in [0.15, 0.2) is 23.0 Å². The van der Waals surface area contributed by atoms with Gasteiger partial charge in [-0.3, -0.25) is 14.6 Å². The molecule has 0 spiro atoms.